The second kappa shape index (κ2) is 6.88. The number of rotatable bonds is 4. The molecule has 0 aromatic heterocycles. The second-order valence-electron chi connectivity index (χ2n) is 4.46. The van der Waals surface area contributed by atoms with Crippen LogP contribution in [0.5, 0.6) is 5.75 Å². The van der Waals surface area contributed by atoms with Gasteiger partial charge in [-0.3, -0.25) is 4.79 Å². The van der Waals surface area contributed by atoms with E-state index in [1.165, 1.54) is 13.2 Å². The average molecular weight is 288 g/mol. The fourth-order valence-corrected chi connectivity index (χ4v) is 1.89. The van der Waals surface area contributed by atoms with Crippen LogP contribution in [0.25, 0.3) is 6.08 Å². The van der Waals surface area contributed by atoms with Gasteiger partial charge in [0, 0.05) is 11.1 Å². The van der Waals surface area contributed by atoms with E-state index in [9.17, 15) is 4.79 Å². The topological polar surface area (TPSA) is 73.9 Å². The zero-order valence-corrected chi connectivity index (χ0v) is 11.9. The third-order valence-electron chi connectivity index (χ3n) is 3.08. The van der Waals surface area contributed by atoms with Crippen LogP contribution in [0.4, 0.5) is 0 Å². The van der Waals surface area contributed by atoms with Gasteiger partial charge in [0.1, 0.15) is 5.75 Å². The molecule has 0 fully saturated rings. The molecule has 106 valence electrons. The molecule has 0 saturated carbocycles. The molecule has 0 aliphatic rings. The lowest BCUT2D eigenvalue weighted by atomic mass is 10.1. The van der Waals surface area contributed by atoms with Crippen LogP contribution in [-0.4, -0.2) is 12.9 Å². The Morgan fingerprint density at radius 1 is 1.05 bits per heavy atom. The van der Waals surface area contributed by atoms with Crippen LogP contribution in [0.1, 0.15) is 27.0 Å². The number of methoxy groups -OCH3 is 1. The molecule has 4 nitrogen and oxygen atoms in total. The summed E-state index contributed by atoms with van der Waals surface area (Å²) in [6, 6.07) is 15.5. The third-order valence-corrected chi connectivity index (χ3v) is 3.08. The molecule has 0 aliphatic carbocycles. The number of hydrogen-bond donors (Lipinski definition) is 0. The van der Waals surface area contributed by atoms with Crippen LogP contribution in [0, 0.1) is 22.7 Å². The highest BCUT2D eigenvalue weighted by Crippen LogP contribution is 2.21. The Morgan fingerprint density at radius 2 is 1.68 bits per heavy atom. The van der Waals surface area contributed by atoms with Crippen LogP contribution in [0.3, 0.4) is 0 Å². The molecule has 0 radical (unpaired) electrons. The minimum absolute atomic E-state index is 0.170. The van der Waals surface area contributed by atoms with E-state index in [4.69, 9.17) is 15.3 Å². The Labute approximate surface area is 128 Å². The van der Waals surface area contributed by atoms with Gasteiger partial charge >= 0.3 is 0 Å². The highest BCUT2D eigenvalue weighted by atomic mass is 16.5. The van der Waals surface area contributed by atoms with E-state index >= 15 is 0 Å². The van der Waals surface area contributed by atoms with Crippen molar-refractivity contribution < 1.29 is 9.53 Å². The molecular formula is C18H12N2O2. The van der Waals surface area contributed by atoms with Crippen LogP contribution in [-0.2, 0) is 0 Å². The Kier molecular flexibility index (Phi) is 4.70. The molecule has 0 N–H and O–H groups in total. The fourth-order valence-electron chi connectivity index (χ4n) is 1.89. The molecule has 0 unspecified atom stereocenters. The maximum atomic E-state index is 12.1. The van der Waals surface area contributed by atoms with Crippen LogP contribution < -0.4 is 4.74 Å². The molecule has 0 saturated heterocycles. The minimum atomic E-state index is -0.170. The number of nitriles is 2. The maximum Gasteiger partial charge on any atom is 0.185 e. The van der Waals surface area contributed by atoms with Crippen LogP contribution in [0.15, 0.2) is 48.5 Å². The normalized spacial score (nSPS) is 9.95. The first-order valence-electron chi connectivity index (χ1n) is 6.48. The molecule has 0 aliphatic heterocycles. The van der Waals surface area contributed by atoms with Gasteiger partial charge in [0.2, 0.25) is 0 Å². The molecule has 2 aromatic carbocycles. The number of allylic oxidation sites excluding steroid dienone is 1. The zero-order chi connectivity index (χ0) is 15.9. The lowest BCUT2D eigenvalue weighted by Gasteiger charge is -2.04. The molecule has 0 amide bonds. The van der Waals surface area contributed by atoms with Gasteiger partial charge in [-0.25, -0.2) is 0 Å². The maximum absolute atomic E-state index is 12.1. The molecule has 2 rings (SSSR count). The monoisotopic (exact) mass is 288 g/mol. The minimum Gasteiger partial charge on any atom is -0.496 e. The molecular weight excluding hydrogens is 276 g/mol. The van der Waals surface area contributed by atoms with Gasteiger partial charge < -0.3 is 4.74 Å². The smallest absolute Gasteiger partial charge is 0.185 e. The Hall–Kier alpha value is -3.37. The van der Waals surface area contributed by atoms with Crippen molar-refractivity contribution in [1.82, 2.24) is 0 Å². The van der Waals surface area contributed by atoms with Crippen molar-refractivity contribution in [3.63, 3.8) is 0 Å². The Morgan fingerprint density at radius 3 is 2.27 bits per heavy atom. The number of carbonyl (C=O) groups is 1. The lowest BCUT2D eigenvalue weighted by Crippen LogP contribution is -1.94. The van der Waals surface area contributed by atoms with Crippen LogP contribution in [0.2, 0.25) is 0 Å². The first-order chi connectivity index (χ1) is 10.7. The summed E-state index contributed by atoms with van der Waals surface area (Å²) in [4.78, 5) is 12.1. The summed E-state index contributed by atoms with van der Waals surface area (Å²) in [5, 5.41) is 17.6. The van der Waals surface area contributed by atoms with Crippen LogP contribution >= 0.6 is 0 Å². The summed E-state index contributed by atoms with van der Waals surface area (Å²) in [5.41, 5.74) is 2.22. The molecule has 0 spiro atoms. The zero-order valence-electron chi connectivity index (χ0n) is 11.9. The van der Waals surface area contributed by atoms with Crippen molar-refractivity contribution >= 4 is 11.9 Å². The molecule has 2 aromatic rings. The highest BCUT2D eigenvalue weighted by molar-refractivity contribution is 6.07. The Bertz CT molecular complexity index is 806. The third kappa shape index (κ3) is 3.39. The summed E-state index contributed by atoms with van der Waals surface area (Å²) < 4.78 is 5.21. The van der Waals surface area contributed by atoms with Crippen molar-refractivity contribution in [2.45, 2.75) is 0 Å². The molecule has 0 bridgehead atoms. The SMILES string of the molecule is COc1cc(C#N)ccc1/C=C/C(=O)c1ccc(C#N)cc1. The van der Waals surface area contributed by atoms with Gasteiger partial charge in [0.15, 0.2) is 5.78 Å². The van der Waals surface area contributed by atoms with E-state index in [-0.39, 0.29) is 5.78 Å². The largest absolute Gasteiger partial charge is 0.496 e. The predicted octanol–water partition coefficient (Wildman–Crippen LogP) is 3.33. The first kappa shape index (κ1) is 15.0. The van der Waals surface area contributed by atoms with Gasteiger partial charge in [-0.2, -0.15) is 10.5 Å². The summed E-state index contributed by atoms with van der Waals surface area (Å²) in [5.74, 6) is 0.360. The van der Waals surface area contributed by atoms with E-state index in [2.05, 4.69) is 0 Å². The quantitative estimate of drug-likeness (QED) is 0.639. The predicted molar refractivity (Wildman–Crippen MR) is 82.2 cm³/mol. The molecule has 22 heavy (non-hydrogen) atoms. The number of hydrogen-bond acceptors (Lipinski definition) is 4. The number of ketones is 1. The molecule has 0 heterocycles. The highest BCUT2D eigenvalue weighted by Gasteiger charge is 2.04. The van der Waals surface area contributed by atoms with Gasteiger partial charge in [-0.05, 0) is 54.6 Å². The molecule has 4 heteroatoms. The van der Waals surface area contributed by atoms with Gasteiger partial charge in [0.05, 0.1) is 30.4 Å². The standard InChI is InChI=1S/C18H12N2O2/c1-22-18-10-14(12-20)4-7-16(18)8-9-17(21)15-5-2-13(11-19)3-6-15/h2-10H,1H3/b9-8+. The summed E-state index contributed by atoms with van der Waals surface area (Å²) in [7, 11) is 1.51. The summed E-state index contributed by atoms with van der Waals surface area (Å²) in [6.07, 6.45) is 3.08. The van der Waals surface area contributed by atoms with E-state index < -0.39 is 0 Å². The number of carbonyl (C=O) groups excluding carboxylic acids is 1. The number of nitrogens with zero attached hydrogens (tertiary/aromatic N) is 2. The van der Waals surface area contributed by atoms with Crippen molar-refractivity contribution in [2.75, 3.05) is 7.11 Å². The van der Waals surface area contributed by atoms with Crippen molar-refractivity contribution in [3.8, 4) is 17.9 Å². The van der Waals surface area contributed by atoms with Gasteiger partial charge in [0.25, 0.3) is 0 Å². The summed E-state index contributed by atoms with van der Waals surface area (Å²) in [6.45, 7) is 0. The van der Waals surface area contributed by atoms with Crippen molar-refractivity contribution in [1.29, 1.82) is 10.5 Å². The number of benzene rings is 2. The Balaban J connectivity index is 2.22. The van der Waals surface area contributed by atoms with E-state index in [0.717, 1.165) is 0 Å². The van der Waals surface area contributed by atoms with E-state index in [0.29, 0.717) is 28.0 Å². The summed E-state index contributed by atoms with van der Waals surface area (Å²) >= 11 is 0. The van der Waals surface area contributed by atoms with E-state index in [1.54, 1.807) is 48.5 Å². The van der Waals surface area contributed by atoms with Gasteiger partial charge in [-0.15, -0.1) is 0 Å². The van der Waals surface area contributed by atoms with Crippen molar-refractivity contribution in [3.05, 3.63) is 70.8 Å². The lowest BCUT2D eigenvalue weighted by molar-refractivity contribution is 0.104. The average Bonchev–Trinajstić information content (AvgIpc) is 2.59. The van der Waals surface area contributed by atoms with E-state index in [1.807, 2.05) is 12.1 Å². The van der Waals surface area contributed by atoms with Gasteiger partial charge in [-0.1, -0.05) is 0 Å². The van der Waals surface area contributed by atoms with Crippen molar-refractivity contribution in [2.24, 2.45) is 0 Å². The number of ether oxygens (including phenoxy) is 1. The molecule has 0 atom stereocenters. The fraction of sp³-hybridized carbons (Fsp3) is 0.0556. The second-order valence-corrected chi connectivity index (χ2v) is 4.46. The first-order valence-corrected chi connectivity index (χ1v) is 6.48.